The second-order valence-corrected chi connectivity index (χ2v) is 13.6. The molecular formula is C24H28N4O4S2. The van der Waals surface area contributed by atoms with E-state index < -0.39 is 25.1 Å². The molecule has 2 aliphatic rings. The lowest BCUT2D eigenvalue weighted by molar-refractivity contribution is 0.365. The fourth-order valence-corrected chi connectivity index (χ4v) is 8.58. The lowest BCUT2D eigenvalue weighted by atomic mass is 9.92. The topological polar surface area (TPSA) is 122 Å². The van der Waals surface area contributed by atoms with Gasteiger partial charge < -0.3 is 16.0 Å². The van der Waals surface area contributed by atoms with Crippen LogP contribution in [0.4, 0.5) is 11.5 Å². The summed E-state index contributed by atoms with van der Waals surface area (Å²) < 4.78 is 49.3. The first-order chi connectivity index (χ1) is 16.1. The van der Waals surface area contributed by atoms with Crippen molar-refractivity contribution in [3.63, 3.8) is 0 Å². The van der Waals surface area contributed by atoms with E-state index in [0.29, 0.717) is 30.3 Å². The Hall–Kier alpha value is -2.69. The summed E-state index contributed by atoms with van der Waals surface area (Å²) in [6, 6.07) is 15.0. The van der Waals surface area contributed by atoms with Crippen molar-refractivity contribution in [2.45, 2.75) is 18.4 Å². The molecule has 0 bridgehead atoms. The number of sulfone groups is 2. The van der Waals surface area contributed by atoms with Crippen molar-refractivity contribution in [1.82, 2.24) is 4.98 Å². The molecule has 180 valence electrons. The zero-order chi connectivity index (χ0) is 24.1. The maximum atomic E-state index is 12.8. The maximum absolute atomic E-state index is 12.8. The highest BCUT2D eigenvalue weighted by molar-refractivity contribution is 7.92. The Morgan fingerprint density at radius 1 is 1.09 bits per heavy atom. The minimum atomic E-state index is -3.37. The van der Waals surface area contributed by atoms with Gasteiger partial charge in [0, 0.05) is 48.7 Å². The normalized spacial score (nSPS) is 20.2. The Morgan fingerprint density at radius 3 is 2.59 bits per heavy atom. The SMILES string of the molecule is Cc1ccc2nc(N3CCS(=O)(=O)c4ccccc4C3)cc(NCC3(CN)CS(=O)(=O)C3)c2c1. The monoisotopic (exact) mass is 500 g/mol. The summed E-state index contributed by atoms with van der Waals surface area (Å²) in [5.74, 6) is 0.848. The molecule has 3 N–H and O–H groups in total. The van der Waals surface area contributed by atoms with Gasteiger partial charge in [-0.3, -0.25) is 0 Å². The van der Waals surface area contributed by atoms with Crippen LogP contribution in [0.3, 0.4) is 0 Å². The van der Waals surface area contributed by atoms with Crippen LogP contribution in [0.25, 0.3) is 10.9 Å². The second kappa shape index (κ2) is 8.21. The van der Waals surface area contributed by atoms with E-state index >= 15 is 0 Å². The van der Waals surface area contributed by atoms with Gasteiger partial charge in [-0.25, -0.2) is 21.8 Å². The van der Waals surface area contributed by atoms with Gasteiger partial charge in [0.1, 0.15) is 5.82 Å². The molecule has 0 amide bonds. The summed E-state index contributed by atoms with van der Waals surface area (Å²) in [6.07, 6.45) is 0. The van der Waals surface area contributed by atoms with Gasteiger partial charge in [-0.05, 0) is 30.7 Å². The predicted octanol–water partition coefficient (Wildman–Crippen LogP) is 2.12. The number of fused-ring (bicyclic) bond motifs is 2. The minimum Gasteiger partial charge on any atom is -0.384 e. The van der Waals surface area contributed by atoms with Gasteiger partial charge in [-0.2, -0.15) is 0 Å². The summed E-state index contributed by atoms with van der Waals surface area (Å²) >= 11 is 0. The van der Waals surface area contributed by atoms with Gasteiger partial charge in [0.25, 0.3) is 0 Å². The molecule has 5 rings (SSSR count). The first kappa shape index (κ1) is 23.1. The third-order valence-corrected chi connectivity index (χ3v) is 10.6. The predicted molar refractivity (Wildman–Crippen MR) is 135 cm³/mol. The second-order valence-electron chi connectivity index (χ2n) is 9.49. The van der Waals surface area contributed by atoms with Crippen LogP contribution in [0.15, 0.2) is 53.4 Å². The van der Waals surface area contributed by atoms with E-state index in [1.54, 1.807) is 12.1 Å². The summed E-state index contributed by atoms with van der Waals surface area (Å²) in [5.41, 5.74) is 8.92. The molecule has 0 radical (unpaired) electrons. The van der Waals surface area contributed by atoms with Gasteiger partial charge in [-0.15, -0.1) is 0 Å². The van der Waals surface area contributed by atoms with Crippen molar-refractivity contribution < 1.29 is 16.8 Å². The van der Waals surface area contributed by atoms with E-state index in [-0.39, 0.29) is 23.8 Å². The average molecular weight is 501 g/mol. The number of aryl methyl sites for hydroxylation is 1. The van der Waals surface area contributed by atoms with Crippen molar-refractivity contribution in [2.75, 3.05) is 47.1 Å². The smallest absolute Gasteiger partial charge is 0.180 e. The van der Waals surface area contributed by atoms with E-state index in [9.17, 15) is 16.8 Å². The number of nitrogens with two attached hydrogens (primary N) is 1. The molecule has 0 aliphatic carbocycles. The fraction of sp³-hybridized carbons (Fsp3) is 0.375. The summed E-state index contributed by atoms with van der Waals surface area (Å²) in [4.78, 5) is 7.22. The molecular weight excluding hydrogens is 472 g/mol. The molecule has 8 nitrogen and oxygen atoms in total. The van der Waals surface area contributed by atoms with Gasteiger partial charge in [0.15, 0.2) is 19.7 Å². The molecule has 0 saturated carbocycles. The van der Waals surface area contributed by atoms with Crippen LogP contribution in [0.1, 0.15) is 11.1 Å². The summed E-state index contributed by atoms with van der Waals surface area (Å²) in [5, 5.41) is 4.38. The average Bonchev–Trinajstić information content (AvgIpc) is 2.92. The van der Waals surface area contributed by atoms with Gasteiger partial charge in [0.05, 0.1) is 27.7 Å². The molecule has 2 aromatic carbocycles. The summed E-state index contributed by atoms with van der Waals surface area (Å²) in [6.45, 7) is 3.49. The largest absolute Gasteiger partial charge is 0.384 e. The van der Waals surface area contributed by atoms with E-state index in [4.69, 9.17) is 10.7 Å². The first-order valence-electron chi connectivity index (χ1n) is 11.2. The maximum Gasteiger partial charge on any atom is 0.180 e. The Balaban J connectivity index is 1.52. The number of pyridine rings is 1. The number of nitrogens with zero attached hydrogens (tertiary/aromatic N) is 2. The van der Waals surface area contributed by atoms with E-state index in [2.05, 4.69) is 5.32 Å². The van der Waals surface area contributed by atoms with E-state index in [1.165, 1.54) is 0 Å². The zero-order valence-electron chi connectivity index (χ0n) is 19.0. The molecule has 1 aromatic heterocycles. The first-order valence-corrected chi connectivity index (χ1v) is 14.7. The Morgan fingerprint density at radius 2 is 1.85 bits per heavy atom. The third kappa shape index (κ3) is 4.25. The zero-order valence-corrected chi connectivity index (χ0v) is 20.6. The van der Waals surface area contributed by atoms with Crippen LogP contribution < -0.4 is 16.0 Å². The molecule has 0 unspecified atom stereocenters. The molecule has 34 heavy (non-hydrogen) atoms. The van der Waals surface area contributed by atoms with Crippen LogP contribution in [0.2, 0.25) is 0 Å². The number of anilines is 2. The van der Waals surface area contributed by atoms with Crippen molar-refractivity contribution >= 4 is 42.1 Å². The lowest BCUT2D eigenvalue weighted by Crippen LogP contribution is -2.56. The van der Waals surface area contributed by atoms with Crippen LogP contribution in [0, 0.1) is 12.3 Å². The van der Waals surface area contributed by atoms with Crippen LogP contribution >= 0.6 is 0 Å². The molecule has 3 heterocycles. The quantitative estimate of drug-likeness (QED) is 0.546. The molecule has 1 fully saturated rings. The van der Waals surface area contributed by atoms with Crippen molar-refractivity contribution in [3.05, 3.63) is 59.7 Å². The van der Waals surface area contributed by atoms with Crippen LogP contribution in [-0.2, 0) is 26.2 Å². The molecule has 2 aliphatic heterocycles. The molecule has 0 spiro atoms. The fourth-order valence-electron chi connectivity index (χ4n) is 4.86. The number of aromatic nitrogens is 1. The van der Waals surface area contributed by atoms with E-state index in [0.717, 1.165) is 27.7 Å². The molecule has 0 atom stereocenters. The number of hydrogen-bond donors (Lipinski definition) is 2. The molecule has 1 saturated heterocycles. The highest BCUT2D eigenvalue weighted by atomic mass is 32.2. The number of hydrogen-bond acceptors (Lipinski definition) is 8. The minimum absolute atomic E-state index is 0.00847. The van der Waals surface area contributed by atoms with Gasteiger partial charge >= 0.3 is 0 Å². The van der Waals surface area contributed by atoms with Crippen LogP contribution in [0.5, 0.6) is 0 Å². The van der Waals surface area contributed by atoms with Crippen molar-refractivity contribution in [1.29, 1.82) is 0 Å². The summed E-state index contributed by atoms with van der Waals surface area (Å²) in [7, 11) is -6.39. The van der Waals surface area contributed by atoms with Crippen molar-refractivity contribution in [2.24, 2.45) is 11.1 Å². The number of nitrogens with one attached hydrogen (secondary N) is 1. The Kier molecular flexibility index (Phi) is 5.57. The molecule has 10 heteroatoms. The Bertz CT molecular complexity index is 1470. The molecule has 3 aromatic rings. The van der Waals surface area contributed by atoms with E-state index in [1.807, 2.05) is 48.2 Å². The standard InChI is InChI=1S/C24H28N4O4S2/c1-17-6-7-20-19(10-17)21(26-14-24(13-25)15-33(29,30)16-24)11-23(27-20)28-8-9-34(31,32)22-5-3-2-4-18(22)12-28/h2-7,10-11H,8-9,12-16,25H2,1H3,(H,26,27). The van der Waals surface area contributed by atoms with Crippen LogP contribution in [-0.4, -0.2) is 58.7 Å². The number of rotatable bonds is 5. The van der Waals surface area contributed by atoms with Gasteiger partial charge in [-0.1, -0.05) is 29.8 Å². The van der Waals surface area contributed by atoms with Crippen molar-refractivity contribution in [3.8, 4) is 0 Å². The highest BCUT2D eigenvalue weighted by Crippen LogP contribution is 2.35. The Labute approximate surface area is 200 Å². The third-order valence-electron chi connectivity index (χ3n) is 6.71. The highest BCUT2D eigenvalue weighted by Gasteiger charge is 2.47. The lowest BCUT2D eigenvalue weighted by Gasteiger charge is -2.40. The number of benzene rings is 2. The van der Waals surface area contributed by atoms with Gasteiger partial charge in [0.2, 0.25) is 0 Å².